The number of rotatable bonds is 38. The van der Waals surface area contributed by atoms with Crippen molar-refractivity contribution in [2.45, 2.75) is 186 Å². The summed E-state index contributed by atoms with van der Waals surface area (Å²) in [7, 11) is 0. The lowest BCUT2D eigenvalue weighted by molar-refractivity contribution is -0.144. The van der Waals surface area contributed by atoms with Gasteiger partial charge in [-0.05, 0) is 88.5 Å². The van der Waals surface area contributed by atoms with Crippen molar-refractivity contribution in [2.24, 2.45) is 62.1 Å². The number of aliphatic imine (C=N–C) groups is 2. The lowest BCUT2D eigenvalue weighted by atomic mass is 9.97. The number of carbonyl (C=O) groups excluding carboxylic acids is 8. The fraction of sp³-hybridized carbons (Fsp3) is 0.679. The molecular weight excluding hydrogens is 1080 g/mol. The van der Waals surface area contributed by atoms with Gasteiger partial charge in [-0.25, -0.2) is 14.8 Å². The zero-order valence-electron chi connectivity index (χ0n) is 48.8. The zero-order valence-corrected chi connectivity index (χ0v) is 48.8. The largest absolute Gasteiger partial charge is 0.480 e. The van der Waals surface area contributed by atoms with Gasteiger partial charge in [0.1, 0.15) is 48.3 Å². The van der Waals surface area contributed by atoms with Crippen LogP contribution < -0.4 is 71.6 Å². The van der Waals surface area contributed by atoms with Crippen LogP contribution in [0.5, 0.6) is 0 Å². The number of amides is 8. The van der Waals surface area contributed by atoms with Gasteiger partial charge in [0.15, 0.2) is 11.9 Å². The highest BCUT2D eigenvalue weighted by atomic mass is 16.4. The second-order valence-electron chi connectivity index (χ2n) is 21.6. The third-order valence-corrected chi connectivity index (χ3v) is 14.5. The maximum Gasteiger partial charge on any atom is 0.326 e. The van der Waals surface area contributed by atoms with Crippen LogP contribution in [0.2, 0.25) is 0 Å². The van der Waals surface area contributed by atoms with Crippen molar-refractivity contribution in [3.05, 3.63) is 36.4 Å². The Morgan fingerprint density at radius 2 is 1.07 bits per heavy atom. The number of likely N-dealkylation sites (tertiary alicyclic amines) is 1. The van der Waals surface area contributed by atoms with Crippen molar-refractivity contribution in [1.29, 1.82) is 0 Å². The summed E-state index contributed by atoms with van der Waals surface area (Å²) >= 11 is 0. The van der Waals surface area contributed by atoms with Crippen molar-refractivity contribution in [3.63, 3.8) is 0 Å². The predicted molar refractivity (Wildman–Crippen MR) is 310 cm³/mol. The first-order valence-electron chi connectivity index (χ1n) is 28.6. The maximum absolute atomic E-state index is 14.6. The number of hydrogen-bond donors (Lipinski definition) is 16. The SMILES string of the molecule is CC[C@H](C)[C@H](N)C(=O)N[C@@H](CC(C)C)C(=O)N1CCC[C@H]1C(=O)N[C@@H](CCCN=C(N)N)C(=O)N[C@@H](CCCCN)C(=O)N[C@@H](Cc1cnc[nH]1)C(=O)N[C@@H](Cc1cnc[nH]1)C(=O)N[C@@H](CCCN=C(N)N)C(=O)N[C@H](C(=O)O)[C@@H](C)CC. The van der Waals surface area contributed by atoms with Crippen molar-refractivity contribution < 1.29 is 48.3 Å². The minimum absolute atomic E-state index is 0.0189. The number of hydrogen-bond acceptors (Lipinski definition) is 15. The molecule has 2 aromatic heterocycles. The highest BCUT2D eigenvalue weighted by Crippen LogP contribution is 2.22. The van der Waals surface area contributed by atoms with Crippen LogP contribution in [0.3, 0.4) is 0 Å². The van der Waals surface area contributed by atoms with Crippen molar-refractivity contribution in [3.8, 4) is 0 Å². The summed E-state index contributed by atoms with van der Waals surface area (Å²) < 4.78 is 0. The van der Waals surface area contributed by atoms with Crippen LogP contribution in [0, 0.1) is 17.8 Å². The fourth-order valence-electron chi connectivity index (χ4n) is 9.23. The zero-order chi connectivity index (χ0) is 61.8. The molecule has 22 N–H and O–H groups in total. The molecule has 11 atom stereocenters. The number of aromatic amines is 2. The maximum atomic E-state index is 14.6. The third kappa shape index (κ3) is 23.9. The van der Waals surface area contributed by atoms with E-state index in [-0.39, 0.29) is 108 Å². The molecule has 30 heteroatoms. The smallest absolute Gasteiger partial charge is 0.326 e. The Morgan fingerprint density at radius 1 is 0.627 bits per heavy atom. The number of imidazole rings is 2. The van der Waals surface area contributed by atoms with E-state index in [4.69, 9.17) is 34.4 Å². The molecule has 83 heavy (non-hydrogen) atoms. The molecule has 0 bridgehead atoms. The summed E-state index contributed by atoms with van der Waals surface area (Å²) in [5.74, 6) is -8.06. The van der Waals surface area contributed by atoms with Gasteiger partial charge < -0.3 is 91.6 Å². The molecule has 0 spiro atoms. The van der Waals surface area contributed by atoms with E-state index in [0.29, 0.717) is 43.5 Å². The molecule has 1 aliphatic heterocycles. The first kappa shape index (κ1) is 69.4. The van der Waals surface area contributed by atoms with Gasteiger partial charge in [-0.15, -0.1) is 0 Å². The number of carbonyl (C=O) groups is 9. The molecule has 1 fully saturated rings. The average Bonchev–Trinajstić information content (AvgIpc) is 4.49. The van der Waals surface area contributed by atoms with Gasteiger partial charge in [0.05, 0.1) is 18.7 Å². The number of aromatic nitrogens is 4. The minimum Gasteiger partial charge on any atom is -0.480 e. The van der Waals surface area contributed by atoms with Gasteiger partial charge in [0.25, 0.3) is 0 Å². The van der Waals surface area contributed by atoms with E-state index in [9.17, 15) is 48.3 Å². The number of nitrogens with zero attached hydrogens (tertiary/aromatic N) is 5. The predicted octanol–water partition coefficient (Wildman–Crippen LogP) is -2.91. The molecule has 8 amide bonds. The molecular formula is C53H92N20O10. The summed E-state index contributed by atoms with van der Waals surface area (Å²) in [6.07, 6.45) is 8.31. The minimum atomic E-state index is -1.45. The fourth-order valence-corrected chi connectivity index (χ4v) is 9.23. The molecule has 1 aliphatic rings. The molecule has 3 heterocycles. The topological polar surface area (TPSA) is 500 Å². The molecule has 30 nitrogen and oxygen atoms in total. The van der Waals surface area contributed by atoms with Gasteiger partial charge in [0.2, 0.25) is 47.3 Å². The third-order valence-electron chi connectivity index (χ3n) is 14.5. The van der Waals surface area contributed by atoms with E-state index in [2.05, 4.69) is 67.1 Å². The second kappa shape index (κ2) is 35.9. The Hall–Kier alpha value is -7.89. The molecule has 0 saturated carbocycles. The van der Waals surface area contributed by atoms with Gasteiger partial charge in [-0.3, -0.25) is 48.3 Å². The van der Waals surface area contributed by atoms with E-state index < -0.39 is 114 Å². The molecule has 3 rings (SSSR count). The summed E-state index contributed by atoms with van der Waals surface area (Å²) in [5.41, 5.74) is 35.0. The summed E-state index contributed by atoms with van der Waals surface area (Å²) in [5, 5.41) is 29.0. The van der Waals surface area contributed by atoms with Crippen molar-refractivity contribution >= 4 is 65.1 Å². The van der Waals surface area contributed by atoms with Crippen molar-refractivity contribution in [1.82, 2.24) is 62.1 Å². The summed E-state index contributed by atoms with van der Waals surface area (Å²) in [4.78, 5) is 149. The van der Waals surface area contributed by atoms with Crippen LogP contribution in [0.15, 0.2) is 35.0 Å². The first-order chi connectivity index (χ1) is 39.4. The first-order valence-corrected chi connectivity index (χ1v) is 28.6. The van der Waals surface area contributed by atoms with E-state index in [1.165, 1.54) is 29.9 Å². The van der Waals surface area contributed by atoms with E-state index in [0.717, 1.165) is 0 Å². The molecule has 1 saturated heterocycles. The molecule has 0 aromatic carbocycles. The van der Waals surface area contributed by atoms with Gasteiger partial charge in [0, 0.05) is 56.3 Å². The monoisotopic (exact) mass is 1170 g/mol. The second-order valence-corrected chi connectivity index (χ2v) is 21.6. The highest BCUT2D eigenvalue weighted by Gasteiger charge is 2.41. The van der Waals surface area contributed by atoms with E-state index in [1.54, 1.807) is 13.8 Å². The molecule has 0 radical (unpaired) electrons. The Labute approximate surface area is 484 Å². The quantitative estimate of drug-likeness (QED) is 0.0182. The normalized spacial score (nSPS) is 16.7. The number of nitrogens with two attached hydrogens (primary N) is 6. The standard InChI is InChI=1S/C53H92N20O10/c1-7-30(5)41(55)49(80)71-39(22-29(3)4)50(81)73-21-13-17-40(73)48(79)68-35(15-11-19-62-52(56)57)43(74)66-34(14-9-10-18-54)44(75)69-38(24-33-26-61-28-65-33)47(78)70-37(23-32-25-60-27-64-32)46(77)67-36(16-12-20-63-53(58)59)45(76)72-42(51(82)83)31(6)8-2/h25-31,34-42H,7-24,54-55H2,1-6H3,(H,60,64)(H,61,65)(H,66,74)(H,67,77)(H,68,79)(H,69,75)(H,70,78)(H,71,80)(H,72,76)(H,82,83)(H4,56,57,62)(H4,58,59,63)/t30-,31-,34-,35-,36-,37-,38-,39-,40-,41-,42-/m0/s1. The highest BCUT2D eigenvalue weighted by molar-refractivity contribution is 5.98. The summed E-state index contributed by atoms with van der Waals surface area (Å²) in [6.45, 7) is 11.6. The number of nitrogens with one attached hydrogen (secondary N) is 9. The van der Waals surface area contributed by atoms with Gasteiger partial charge in [-0.1, -0.05) is 54.4 Å². The van der Waals surface area contributed by atoms with Crippen LogP contribution in [0.4, 0.5) is 0 Å². The van der Waals surface area contributed by atoms with Crippen LogP contribution in [0.1, 0.15) is 130 Å². The number of carboxylic acids is 1. The molecule has 0 aliphatic carbocycles. The average molecular weight is 1170 g/mol. The summed E-state index contributed by atoms with van der Waals surface area (Å²) in [6, 6.07) is -11.0. The van der Waals surface area contributed by atoms with Crippen LogP contribution >= 0.6 is 0 Å². The van der Waals surface area contributed by atoms with Gasteiger partial charge >= 0.3 is 5.97 Å². The van der Waals surface area contributed by atoms with E-state index >= 15 is 0 Å². The number of guanidine groups is 2. The molecule has 0 unspecified atom stereocenters. The van der Waals surface area contributed by atoms with E-state index in [1.807, 2.05) is 27.7 Å². The lowest BCUT2D eigenvalue weighted by Gasteiger charge is -2.31. The Morgan fingerprint density at radius 3 is 1.51 bits per heavy atom. The Bertz CT molecular complexity index is 2450. The number of aliphatic carboxylic acids is 1. The molecule has 464 valence electrons. The molecule has 2 aromatic rings. The number of H-pyrrole nitrogens is 2. The van der Waals surface area contributed by atoms with Crippen LogP contribution in [-0.2, 0) is 56.0 Å². The Balaban J connectivity index is 1.97. The number of carboxylic acid groups (broad SMARTS) is 1. The number of unbranched alkanes of at least 4 members (excludes halogenated alkanes) is 1. The van der Waals surface area contributed by atoms with Crippen LogP contribution in [0.25, 0.3) is 0 Å². The van der Waals surface area contributed by atoms with Crippen molar-refractivity contribution in [2.75, 3.05) is 26.2 Å². The van der Waals surface area contributed by atoms with Crippen LogP contribution in [-0.4, -0.2) is 176 Å². The Kier molecular flexibility index (Phi) is 30.0. The van der Waals surface area contributed by atoms with Gasteiger partial charge in [-0.2, -0.15) is 0 Å². The lowest BCUT2D eigenvalue weighted by Crippen LogP contribution is -2.61.